The van der Waals surface area contributed by atoms with Crippen LogP contribution >= 0.6 is 0 Å². The molecule has 4 heteroatoms. The average molecular weight is 219 g/mol. The van der Waals surface area contributed by atoms with Crippen molar-refractivity contribution in [2.75, 3.05) is 7.11 Å². The summed E-state index contributed by atoms with van der Waals surface area (Å²) in [5.41, 5.74) is 7.59. The van der Waals surface area contributed by atoms with Crippen LogP contribution in [0.15, 0.2) is 23.2 Å². The van der Waals surface area contributed by atoms with Gasteiger partial charge in [-0.2, -0.15) is 0 Å². The highest BCUT2D eigenvalue weighted by Gasteiger charge is 2.13. The predicted octanol–water partition coefficient (Wildman–Crippen LogP) is 2.13. The van der Waals surface area contributed by atoms with Crippen molar-refractivity contribution in [3.63, 3.8) is 0 Å². The zero-order valence-electron chi connectivity index (χ0n) is 9.82. The second-order valence-corrected chi connectivity index (χ2v) is 3.73. The number of rotatable bonds is 4. The summed E-state index contributed by atoms with van der Waals surface area (Å²) in [4.78, 5) is 3.76. The molecule has 0 saturated carbocycles. The summed E-state index contributed by atoms with van der Waals surface area (Å²) < 4.78 is 5.37. The number of benzene rings is 1. The fourth-order valence-electron chi connectivity index (χ4n) is 1.58. The number of aliphatic imine (C=N–C) groups is 1. The van der Waals surface area contributed by atoms with Gasteiger partial charge in [-0.25, -0.2) is 4.99 Å². The largest absolute Gasteiger partial charge is 0.496 e. The van der Waals surface area contributed by atoms with E-state index in [9.17, 15) is 0 Å². The summed E-state index contributed by atoms with van der Waals surface area (Å²) in [7, 11) is 1.61. The van der Waals surface area contributed by atoms with Gasteiger partial charge in [-0.3, -0.25) is 5.41 Å². The van der Waals surface area contributed by atoms with Gasteiger partial charge >= 0.3 is 0 Å². The number of nitrogens with two attached hydrogens (primary N) is 1. The van der Waals surface area contributed by atoms with Crippen LogP contribution in [0.3, 0.4) is 0 Å². The first kappa shape index (κ1) is 12.2. The van der Waals surface area contributed by atoms with E-state index >= 15 is 0 Å². The average Bonchev–Trinajstić information content (AvgIpc) is 2.28. The molecule has 86 valence electrons. The molecule has 0 amide bonds. The number of hydrogen-bond donors (Lipinski definition) is 2. The highest BCUT2D eigenvalue weighted by atomic mass is 16.5. The highest BCUT2D eigenvalue weighted by Crippen LogP contribution is 2.29. The molecule has 1 aromatic carbocycles. The Kier molecular flexibility index (Phi) is 4.05. The molecule has 1 rings (SSSR count). The Balaban J connectivity index is 3.34. The van der Waals surface area contributed by atoms with Crippen LogP contribution < -0.4 is 10.5 Å². The lowest BCUT2D eigenvalue weighted by Crippen LogP contribution is -2.15. The van der Waals surface area contributed by atoms with E-state index in [0.29, 0.717) is 11.8 Å². The van der Waals surface area contributed by atoms with Crippen LogP contribution in [0.2, 0.25) is 0 Å². The molecule has 3 N–H and O–H groups in total. The second-order valence-electron chi connectivity index (χ2n) is 3.73. The number of methoxy groups -OCH3 is 1. The summed E-state index contributed by atoms with van der Waals surface area (Å²) in [5, 5.41) is 6.91. The van der Waals surface area contributed by atoms with Crippen molar-refractivity contribution in [1.82, 2.24) is 0 Å². The number of hydrogen-bond acceptors (Lipinski definition) is 2. The monoisotopic (exact) mass is 219 g/mol. The van der Waals surface area contributed by atoms with Gasteiger partial charge in [0, 0.05) is 0 Å². The van der Waals surface area contributed by atoms with Crippen LogP contribution in [0.1, 0.15) is 30.9 Å². The molecule has 16 heavy (non-hydrogen) atoms. The summed E-state index contributed by atoms with van der Waals surface area (Å²) in [6.07, 6.45) is 0.927. The molecule has 0 atom stereocenters. The Morgan fingerprint density at radius 1 is 1.50 bits per heavy atom. The maximum Gasteiger partial charge on any atom is 0.136 e. The van der Waals surface area contributed by atoms with Crippen molar-refractivity contribution >= 4 is 12.2 Å². The third-order valence-corrected chi connectivity index (χ3v) is 2.35. The van der Waals surface area contributed by atoms with Crippen molar-refractivity contribution in [2.24, 2.45) is 10.7 Å². The molecule has 0 bridgehead atoms. The van der Waals surface area contributed by atoms with Gasteiger partial charge in [0.25, 0.3) is 0 Å². The zero-order chi connectivity index (χ0) is 12.1. The number of amidine groups is 1. The van der Waals surface area contributed by atoms with E-state index in [1.54, 1.807) is 7.11 Å². The summed E-state index contributed by atoms with van der Waals surface area (Å²) in [6.45, 7) is 4.18. The van der Waals surface area contributed by atoms with Crippen LogP contribution in [0.25, 0.3) is 0 Å². The molecule has 0 aliphatic rings. The van der Waals surface area contributed by atoms with Gasteiger partial charge in [0.15, 0.2) is 0 Å². The van der Waals surface area contributed by atoms with Crippen LogP contribution in [0, 0.1) is 5.41 Å². The first-order chi connectivity index (χ1) is 7.61. The second kappa shape index (κ2) is 5.30. The quantitative estimate of drug-likeness (QED) is 0.601. The molecule has 0 saturated heterocycles. The molecule has 0 heterocycles. The lowest BCUT2D eigenvalue weighted by atomic mass is 9.98. The minimum Gasteiger partial charge on any atom is -0.496 e. The third kappa shape index (κ3) is 2.39. The van der Waals surface area contributed by atoms with Crippen molar-refractivity contribution in [2.45, 2.75) is 19.8 Å². The Morgan fingerprint density at radius 3 is 2.69 bits per heavy atom. The van der Waals surface area contributed by atoms with Gasteiger partial charge in [0.1, 0.15) is 17.9 Å². The number of para-hydroxylation sites is 1. The molecule has 0 unspecified atom stereocenters. The Hall–Kier alpha value is -1.84. The van der Waals surface area contributed by atoms with E-state index in [-0.39, 0.29) is 0 Å². The van der Waals surface area contributed by atoms with Crippen LogP contribution in [-0.4, -0.2) is 19.3 Å². The van der Waals surface area contributed by atoms with Gasteiger partial charge in [-0.1, -0.05) is 26.0 Å². The minimum absolute atomic E-state index is 0.300. The smallest absolute Gasteiger partial charge is 0.136 e. The van der Waals surface area contributed by atoms with Gasteiger partial charge in [-0.15, -0.1) is 0 Å². The number of nitrogens with zero attached hydrogens (tertiary/aromatic N) is 1. The first-order valence-corrected chi connectivity index (χ1v) is 5.11. The Bertz CT molecular complexity index is 411. The van der Waals surface area contributed by atoms with Crippen molar-refractivity contribution in [1.29, 1.82) is 5.41 Å². The van der Waals surface area contributed by atoms with Crippen molar-refractivity contribution in [3.8, 4) is 5.75 Å². The molecule has 1 aromatic rings. The van der Waals surface area contributed by atoms with E-state index in [1.165, 1.54) is 0 Å². The third-order valence-electron chi connectivity index (χ3n) is 2.35. The summed E-state index contributed by atoms with van der Waals surface area (Å²) in [5.74, 6) is 1.39. The standard InChI is InChI=1S/C12H17N3O/c1-8(2)9-5-4-6-10(11(9)16-3)12(14)15-7-13/h4-8H,1-3H3,(H3,13,14,15). The molecular weight excluding hydrogens is 202 g/mol. The molecule has 0 spiro atoms. The molecule has 0 aliphatic carbocycles. The van der Waals surface area contributed by atoms with Crippen molar-refractivity contribution < 1.29 is 4.74 Å². The fourth-order valence-corrected chi connectivity index (χ4v) is 1.58. The van der Waals surface area contributed by atoms with E-state index in [1.807, 2.05) is 18.2 Å². The molecule has 0 aliphatic heterocycles. The van der Waals surface area contributed by atoms with E-state index in [0.717, 1.165) is 23.2 Å². The lowest BCUT2D eigenvalue weighted by Gasteiger charge is -2.15. The Labute approximate surface area is 95.7 Å². The number of ether oxygens (including phenoxy) is 1. The van der Waals surface area contributed by atoms with E-state index in [4.69, 9.17) is 15.9 Å². The van der Waals surface area contributed by atoms with Gasteiger partial charge < -0.3 is 10.5 Å². The van der Waals surface area contributed by atoms with Crippen LogP contribution in [0.5, 0.6) is 5.75 Å². The fraction of sp³-hybridized carbons (Fsp3) is 0.333. The van der Waals surface area contributed by atoms with Crippen molar-refractivity contribution in [3.05, 3.63) is 29.3 Å². The summed E-state index contributed by atoms with van der Waals surface area (Å²) in [6, 6.07) is 5.76. The predicted molar refractivity (Wildman–Crippen MR) is 66.6 cm³/mol. The van der Waals surface area contributed by atoms with Gasteiger partial charge in [0.2, 0.25) is 0 Å². The normalized spacial score (nSPS) is 11.6. The lowest BCUT2D eigenvalue weighted by molar-refractivity contribution is 0.406. The zero-order valence-corrected chi connectivity index (χ0v) is 9.82. The molecular formula is C12H17N3O. The van der Waals surface area contributed by atoms with E-state index < -0.39 is 0 Å². The SMILES string of the molecule is COc1c(C(N)=NC=N)cccc1C(C)C. The van der Waals surface area contributed by atoms with E-state index in [2.05, 4.69) is 18.8 Å². The Morgan fingerprint density at radius 2 is 2.19 bits per heavy atom. The molecule has 4 nitrogen and oxygen atoms in total. The van der Waals surface area contributed by atoms with Crippen LogP contribution in [-0.2, 0) is 0 Å². The first-order valence-electron chi connectivity index (χ1n) is 5.11. The molecule has 0 aromatic heterocycles. The minimum atomic E-state index is 0.300. The summed E-state index contributed by atoms with van der Waals surface area (Å²) >= 11 is 0. The van der Waals surface area contributed by atoms with Crippen LogP contribution in [0.4, 0.5) is 0 Å². The number of nitrogens with one attached hydrogen (secondary N) is 1. The van der Waals surface area contributed by atoms with Gasteiger partial charge in [0.05, 0.1) is 12.7 Å². The topological polar surface area (TPSA) is 71.5 Å². The molecule has 0 radical (unpaired) electrons. The van der Waals surface area contributed by atoms with Gasteiger partial charge in [-0.05, 0) is 17.5 Å². The highest BCUT2D eigenvalue weighted by molar-refractivity contribution is 6.03. The maximum absolute atomic E-state index is 6.91. The molecule has 0 fully saturated rings. The maximum atomic E-state index is 6.91.